The summed E-state index contributed by atoms with van der Waals surface area (Å²) in [6, 6.07) is 11.6. The molecule has 1 saturated heterocycles. The zero-order valence-electron chi connectivity index (χ0n) is 15.9. The van der Waals surface area contributed by atoms with Crippen molar-refractivity contribution in [3.63, 3.8) is 0 Å². The molecule has 150 valence electrons. The van der Waals surface area contributed by atoms with Crippen molar-refractivity contribution in [1.82, 2.24) is 4.90 Å². The highest BCUT2D eigenvalue weighted by Gasteiger charge is 2.29. The van der Waals surface area contributed by atoms with Crippen molar-refractivity contribution in [1.29, 1.82) is 0 Å². The predicted octanol–water partition coefficient (Wildman–Crippen LogP) is 4.18. The van der Waals surface area contributed by atoms with Crippen LogP contribution in [0.2, 0.25) is 5.02 Å². The Hall–Kier alpha value is -2.86. The van der Waals surface area contributed by atoms with Gasteiger partial charge in [-0.2, -0.15) is 0 Å². The number of carbonyl (C=O) groups is 3. The lowest BCUT2D eigenvalue weighted by molar-refractivity contribution is -0.117. The number of hydrogen-bond acceptors (Lipinski definition) is 3. The molecule has 3 amide bonds. The van der Waals surface area contributed by atoms with Gasteiger partial charge in [-0.25, -0.2) is 0 Å². The van der Waals surface area contributed by atoms with Crippen LogP contribution in [-0.4, -0.2) is 35.7 Å². The zero-order chi connectivity index (χ0) is 20.4. The van der Waals surface area contributed by atoms with Gasteiger partial charge in [-0.15, -0.1) is 0 Å². The Balaban J connectivity index is 1.48. The minimum atomic E-state index is -0.345. The first-order chi connectivity index (χ1) is 14.0. The largest absolute Gasteiger partial charge is 0.339 e. The Labute approximate surface area is 174 Å². The van der Waals surface area contributed by atoms with Gasteiger partial charge in [0.15, 0.2) is 0 Å². The van der Waals surface area contributed by atoms with Crippen LogP contribution in [0, 0.1) is 5.92 Å². The van der Waals surface area contributed by atoms with Crippen LogP contribution in [-0.2, 0) is 4.79 Å². The Morgan fingerprint density at radius 1 is 0.931 bits per heavy atom. The lowest BCUT2D eigenvalue weighted by Gasteiger charge is -2.18. The zero-order valence-corrected chi connectivity index (χ0v) is 16.7. The molecule has 2 aromatic rings. The fraction of sp³-hybridized carbons (Fsp3) is 0.318. The van der Waals surface area contributed by atoms with E-state index in [1.807, 2.05) is 0 Å². The fourth-order valence-corrected chi connectivity index (χ4v) is 3.56. The van der Waals surface area contributed by atoms with Crippen molar-refractivity contribution < 1.29 is 14.4 Å². The Morgan fingerprint density at radius 2 is 1.62 bits per heavy atom. The molecule has 1 saturated carbocycles. The molecule has 0 spiro atoms. The van der Waals surface area contributed by atoms with E-state index in [0.717, 1.165) is 38.8 Å². The summed E-state index contributed by atoms with van der Waals surface area (Å²) in [7, 11) is 0. The normalized spacial score (nSPS) is 15.8. The molecule has 1 aliphatic heterocycles. The van der Waals surface area contributed by atoms with Gasteiger partial charge in [0.2, 0.25) is 5.91 Å². The van der Waals surface area contributed by atoms with E-state index >= 15 is 0 Å². The van der Waals surface area contributed by atoms with Gasteiger partial charge in [-0.05, 0) is 68.1 Å². The molecule has 2 N–H and O–H groups in total. The van der Waals surface area contributed by atoms with Crippen LogP contribution < -0.4 is 10.6 Å². The van der Waals surface area contributed by atoms with Crippen molar-refractivity contribution in [2.75, 3.05) is 23.7 Å². The Kier molecular flexibility index (Phi) is 5.53. The molecule has 29 heavy (non-hydrogen) atoms. The van der Waals surface area contributed by atoms with Crippen molar-refractivity contribution in [2.24, 2.45) is 5.92 Å². The number of halogens is 1. The molecule has 1 heterocycles. The molecule has 2 fully saturated rings. The van der Waals surface area contributed by atoms with Crippen molar-refractivity contribution in [2.45, 2.75) is 25.7 Å². The third kappa shape index (κ3) is 4.59. The monoisotopic (exact) mass is 411 g/mol. The smallest absolute Gasteiger partial charge is 0.255 e. The molecular weight excluding hydrogens is 390 g/mol. The van der Waals surface area contributed by atoms with Gasteiger partial charge in [0.1, 0.15) is 0 Å². The SMILES string of the molecule is O=C(Nc1cc(Cl)ccc1C(=O)N1CCCC1)c1ccc(NC(=O)C2CC2)cc1. The summed E-state index contributed by atoms with van der Waals surface area (Å²) in [5.74, 6) is -0.311. The highest BCUT2D eigenvalue weighted by Crippen LogP contribution is 2.30. The molecule has 7 heteroatoms. The van der Waals surface area contributed by atoms with Crippen molar-refractivity contribution >= 4 is 40.7 Å². The van der Waals surface area contributed by atoms with Gasteiger partial charge in [0.05, 0.1) is 11.3 Å². The first kappa shape index (κ1) is 19.5. The number of nitrogens with one attached hydrogen (secondary N) is 2. The minimum Gasteiger partial charge on any atom is -0.339 e. The molecule has 4 rings (SSSR count). The van der Waals surface area contributed by atoms with Gasteiger partial charge in [-0.3, -0.25) is 14.4 Å². The first-order valence-corrected chi connectivity index (χ1v) is 10.2. The summed E-state index contributed by atoms with van der Waals surface area (Å²) in [5.41, 5.74) is 1.91. The van der Waals surface area contributed by atoms with Gasteiger partial charge < -0.3 is 15.5 Å². The van der Waals surface area contributed by atoms with Crippen LogP contribution in [0.25, 0.3) is 0 Å². The molecule has 6 nitrogen and oxygen atoms in total. The molecule has 2 aromatic carbocycles. The third-order valence-corrected chi connectivity index (χ3v) is 5.45. The quantitative estimate of drug-likeness (QED) is 0.774. The van der Waals surface area contributed by atoms with E-state index in [2.05, 4.69) is 10.6 Å². The first-order valence-electron chi connectivity index (χ1n) is 9.82. The van der Waals surface area contributed by atoms with Crippen molar-refractivity contribution in [3.05, 3.63) is 58.6 Å². The van der Waals surface area contributed by atoms with Crippen LogP contribution in [0.1, 0.15) is 46.4 Å². The second-order valence-electron chi connectivity index (χ2n) is 7.48. The molecule has 0 atom stereocenters. The van der Waals surface area contributed by atoms with Crippen LogP contribution in [0.5, 0.6) is 0 Å². The number of benzene rings is 2. The van der Waals surface area contributed by atoms with Crippen LogP contribution in [0.4, 0.5) is 11.4 Å². The van der Waals surface area contributed by atoms with E-state index in [1.54, 1.807) is 47.4 Å². The second-order valence-corrected chi connectivity index (χ2v) is 7.92. The number of carbonyl (C=O) groups excluding carboxylic acids is 3. The van der Waals surface area contributed by atoms with Crippen molar-refractivity contribution in [3.8, 4) is 0 Å². The van der Waals surface area contributed by atoms with Gasteiger partial charge in [0.25, 0.3) is 11.8 Å². The van der Waals surface area contributed by atoms with Gasteiger partial charge >= 0.3 is 0 Å². The van der Waals surface area contributed by atoms with Crippen LogP contribution >= 0.6 is 11.6 Å². The molecule has 0 radical (unpaired) electrons. The van der Waals surface area contributed by atoms with E-state index in [1.165, 1.54) is 0 Å². The summed E-state index contributed by atoms with van der Waals surface area (Å²) in [6.07, 6.45) is 3.85. The number of anilines is 2. The van der Waals surface area contributed by atoms with E-state index in [9.17, 15) is 14.4 Å². The van der Waals surface area contributed by atoms with E-state index in [4.69, 9.17) is 11.6 Å². The maximum Gasteiger partial charge on any atom is 0.255 e. The number of nitrogens with zero attached hydrogens (tertiary/aromatic N) is 1. The minimum absolute atomic E-state index is 0.0196. The average molecular weight is 412 g/mol. The van der Waals surface area contributed by atoms with Crippen LogP contribution in [0.3, 0.4) is 0 Å². The Bertz CT molecular complexity index is 948. The summed E-state index contributed by atoms with van der Waals surface area (Å²) in [6.45, 7) is 1.45. The van der Waals surface area contributed by atoms with Gasteiger partial charge in [0, 0.05) is 35.3 Å². The molecule has 0 unspecified atom stereocenters. The second kappa shape index (κ2) is 8.25. The highest BCUT2D eigenvalue weighted by molar-refractivity contribution is 6.31. The molecule has 1 aliphatic carbocycles. The third-order valence-electron chi connectivity index (χ3n) is 5.22. The molecular formula is C22H22ClN3O3. The predicted molar refractivity (Wildman–Crippen MR) is 112 cm³/mol. The summed E-state index contributed by atoms with van der Waals surface area (Å²) in [5, 5.41) is 6.09. The lowest BCUT2D eigenvalue weighted by Crippen LogP contribution is -2.28. The number of likely N-dealkylation sites (tertiary alicyclic amines) is 1. The number of rotatable bonds is 5. The van der Waals surface area contributed by atoms with E-state index in [0.29, 0.717) is 27.5 Å². The number of hydrogen-bond donors (Lipinski definition) is 2. The van der Waals surface area contributed by atoms with E-state index < -0.39 is 0 Å². The van der Waals surface area contributed by atoms with E-state index in [-0.39, 0.29) is 23.6 Å². The lowest BCUT2D eigenvalue weighted by atomic mass is 10.1. The molecule has 0 bridgehead atoms. The van der Waals surface area contributed by atoms with Crippen LogP contribution in [0.15, 0.2) is 42.5 Å². The molecule has 0 aromatic heterocycles. The number of amides is 3. The summed E-state index contributed by atoms with van der Waals surface area (Å²) < 4.78 is 0. The van der Waals surface area contributed by atoms with Gasteiger partial charge in [-0.1, -0.05) is 11.6 Å². The maximum absolute atomic E-state index is 12.8. The average Bonchev–Trinajstić information content (AvgIpc) is 3.42. The molecule has 2 aliphatic rings. The topological polar surface area (TPSA) is 78.5 Å². The summed E-state index contributed by atoms with van der Waals surface area (Å²) >= 11 is 6.09. The fourth-order valence-electron chi connectivity index (χ4n) is 3.39. The highest BCUT2D eigenvalue weighted by atomic mass is 35.5. The summed E-state index contributed by atoms with van der Waals surface area (Å²) in [4.78, 5) is 39.1. The standard InChI is InChI=1S/C22H22ClN3O3/c23-16-7-10-18(22(29)26-11-1-2-12-26)19(13-16)25-21(28)15-5-8-17(9-6-15)24-20(27)14-3-4-14/h5-10,13-14H,1-4,11-12H2,(H,24,27)(H,25,28). The maximum atomic E-state index is 12.8. The Morgan fingerprint density at radius 3 is 2.28 bits per heavy atom.